The van der Waals surface area contributed by atoms with E-state index < -0.39 is 21.8 Å². The van der Waals surface area contributed by atoms with Gasteiger partial charge in [-0.05, 0) is 6.42 Å². The average molecular weight is 302 g/mol. The summed E-state index contributed by atoms with van der Waals surface area (Å²) in [7, 11) is -4.81. The van der Waals surface area contributed by atoms with Gasteiger partial charge in [-0.3, -0.25) is 4.55 Å². The average Bonchev–Trinajstić information content (AvgIpc) is 2.32. The van der Waals surface area contributed by atoms with Crippen LogP contribution in [0.15, 0.2) is 0 Å². The maximum atomic E-state index is 11.0. The Hall–Kier alpha value is -0.290. The summed E-state index contributed by atoms with van der Waals surface area (Å²) in [6.07, 6.45) is 1.29. The van der Waals surface area contributed by atoms with Gasteiger partial charge in [0.1, 0.15) is 6.61 Å². The first-order valence-electron chi connectivity index (χ1n) is 5.97. The number of unbranched alkanes of at least 4 members (excludes halogenated alkanes) is 1. The van der Waals surface area contributed by atoms with Crippen molar-refractivity contribution in [2.24, 2.45) is 0 Å². The Morgan fingerprint density at radius 1 is 1.11 bits per heavy atom. The van der Waals surface area contributed by atoms with Gasteiger partial charge in [0.15, 0.2) is 0 Å². The van der Waals surface area contributed by atoms with Crippen LogP contribution in [0.3, 0.4) is 0 Å². The summed E-state index contributed by atoms with van der Waals surface area (Å²) in [6, 6.07) is 0. The first-order chi connectivity index (χ1) is 8.87. The van der Waals surface area contributed by atoms with Crippen molar-refractivity contribution in [1.82, 2.24) is 0 Å². The molecular formula is C10H22O8S. The van der Waals surface area contributed by atoms with Crippen molar-refractivity contribution in [1.29, 1.82) is 0 Å². The molecule has 0 aliphatic heterocycles. The lowest BCUT2D eigenvalue weighted by Crippen LogP contribution is -2.46. The van der Waals surface area contributed by atoms with E-state index in [1.54, 1.807) is 0 Å². The number of aliphatic hydroxyl groups excluding tert-OH is 1. The summed E-state index contributed by atoms with van der Waals surface area (Å²) in [5.74, 6) is 0. The molecular weight excluding hydrogens is 280 g/mol. The highest BCUT2D eigenvalue weighted by molar-refractivity contribution is 7.86. The van der Waals surface area contributed by atoms with Crippen molar-refractivity contribution < 1.29 is 37.4 Å². The maximum Gasteiger partial charge on any atom is 0.324 e. The summed E-state index contributed by atoms with van der Waals surface area (Å²) < 4.78 is 45.6. The van der Waals surface area contributed by atoms with E-state index in [2.05, 4.69) is 0 Å². The minimum absolute atomic E-state index is 0.00499. The molecule has 0 bridgehead atoms. The van der Waals surface area contributed by atoms with Gasteiger partial charge in [0.05, 0.1) is 33.0 Å². The van der Waals surface area contributed by atoms with Gasteiger partial charge >= 0.3 is 15.2 Å². The molecule has 0 saturated heterocycles. The highest BCUT2D eigenvalue weighted by Gasteiger charge is 2.42. The van der Waals surface area contributed by atoms with E-state index in [-0.39, 0.29) is 33.0 Å². The third kappa shape index (κ3) is 7.78. The first kappa shape index (κ1) is 18.7. The molecule has 9 heteroatoms. The second-order valence-corrected chi connectivity index (χ2v) is 5.37. The lowest BCUT2D eigenvalue weighted by molar-refractivity contribution is -0.179. The monoisotopic (exact) mass is 302 g/mol. The molecule has 0 aliphatic rings. The van der Waals surface area contributed by atoms with E-state index in [1.165, 1.54) is 0 Å². The molecule has 116 valence electrons. The zero-order valence-electron chi connectivity index (χ0n) is 10.9. The minimum Gasteiger partial charge on any atom is -0.394 e. The van der Waals surface area contributed by atoms with Crippen LogP contribution in [-0.2, 0) is 24.3 Å². The van der Waals surface area contributed by atoms with Gasteiger partial charge in [0.2, 0.25) is 0 Å². The first-order valence-corrected chi connectivity index (χ1v) is 7.41. The molecule has 0 rings (SSSR count). The van der Waals surface area contributed by atoms with E-state index in [4.69, 9.17) is 23.9 Å². The highest BCUT2D eigenvalue weighted by Crippen LogP contribution is 2.16. The van der Waals surface area contributed by atoms with E-state index in [0.29, 0.717) is 6.42 Å². The molecule has 0 heterocycles. The van der Waals surface area contributed by atoms with Crippen LogP contribution >= 0.6 is 0 Å². The Bertz CT molecular complexity index is 317. The molecule has 0 radical (unpaired) electrons. The summed E-state index contributed by atoms with van der Waals surface area (Å²) in [5.41, 5.74) is 0. The van der Waals surface area contributed by atoms with E-state index in [1.807, 2.05) is 6.92 Å². The summed E-state index contributed by atoms with van der Waals surface area (Å²) in [4.78, 5) is 0. The van der Waals surface area contributed by atoms with Crippen LogP contribution in [0.5, 0.6) is 0 Å². The zero-order chi connectivity index (χ0) is 14.8. The third-order valence-corrected chi connectivity index (χ3v) is 3.16. The van der Waals surface area contributed by atoms with Crippen LogP contribution in [-0.4, -0.2) is 67.9 Å². The van der Waals surface area contributed by atoms with E-state index in [0.717, 1.165) is 6.42 Å². The maximum absolute atomic E-state index is 11.0. The summed E-state index contributed by atoms with van der Waals surface area (Å²) in [5, 5.41) is 15.4. The Morgan fingerprint density at radius 2 is 1.74 bits per heavy atom. The molecule has 0 aliphatic carbocycles. The van der Waals surface area contributed by atoms with Gasteiger partial charge in [-0.2, -0.15) is 8.42 Å². The zero-order valence-corrected chi connectivity index (χ0v) is 11.8. The van der Waals surface area contributed by atoms with Gasteiger partial charge in [0, 0.05) is 0 Å². The largest absolute Gasteiger partial charge is 0.394 e. The molecule has 19 heavy (non-hydrogen) atoms. The Kier molecular flexibility index (Phi) is 9.44. The van der Waals surface area contributed by atoms with Crippen molar-refractivity contribution in [3.05, 3.63) is 0 Å². The summed E-state index contributed by atoms with van der Waals surface area (Å²) in [6.45, 7) is 1.25. The van der Waals surface area contributed by atoms with E-state index >= 15 is 0 Å². The Balaban J connectivity index is 4.14. The second kappa shape index (κ2) is 9.59. The van der Waals surface area contributed by atoms with Crippen LogP contribution in [0.1, 0.15) is 19.8 Å². The fourth-order valence-electron chi connectivity index (χ4n) is 1.05. The predicted octanol–water partition coefficient (Wildman–Crippen LogP) is -0.637. The molecule has 1 atom stereocenters. The lowest BCUT2D eigenvalue weighted by atomic mass is 10.4. The number of hydrogen-bond acceptors (Lipinski definition) is 7. The predicted molar refractivity (Wildman–Crippen MR) is 66.1 cm³/mol. The van der Waals surface area contributed by atoms with Gasteiger partial charge in [-0.1, -0.05) is 13.3 Å². The SMILES string of the molecule is CCCCOC(O)(COCCOCCO)S(=O)(=O)O. The van der Waals surface area contributed by atoms with Crippen LogP contribution in [0.25, 0.3) is 0 Å². The molecule has 0 aromatic carbocycles. The number of aliphatic hydroxyl groups is 2. The molecule has 0 saturated carbocycles. The topological polar surface area (TPSA) is 123 Å². The molecule has 3 N–H and O–H groups in total. The smallest absolute Gasteiger partial charge is 0.324 e. The molecule has 0 fully saturated rings. The second-order valence-electron chi connectivity index (χ2n) is 3.78. The fourth-order valence-corrected chi connectivity index (χ4v) is 1.52. The third-order valence-electron chi connectivity index (χ3n) is 2.12. The van der Waals surface area contributed by atoms with Crippen LogP contribution in [0.4, 0.5) is 0 Å². The molecule has 8 nitrogen and oxygen atoms in total. The quantitative estimate of drug-likeness (QED) is 0.247. The van der Waals surface area contributed by atoms with Gasteiger partial charge in [-0.25, -0.2) is 0 Å². The number of rotatable bonds is 12. The molecule has 0 amide bonds. The normalized spacial score (nSPS) is 15.4. The summed E-state index contributed by atoms with van der Waals surface area (Å²) >= 11 is 0. The number of hydrogen-bond donors (Lipinski definition) is 3. The van der Waals surface area contributed by atoms with E-state index in [9.17, 15) is 13.5 Å². The van der Waals surface area contributed by atoms with Crippen molar-refractivity contribution in [3.63, 3.8) is 0 Å². The molecule has 0 aromatic rings. The molecule has 0 aromatic heterocycles. The van der Waals surface area contributed by atoms with Gasteiger partial charge in [-0.15, -0.1) is 0 Å². The van der Waals surface area contributed by atoms with Crippen LogP contribution < -0.4 is 0 Å². The van der Waals surface area contributed by atoms with Crippen molar-refractivity contribution in [3.8, 4) is 0 Å². The van der Waals surface area contributed by atoms with Crippen molar-refractivity contribution in [2.45, 2.75) is 24.9 Å². The number of ether oxygens (including phenoxy) is 3. The molecule has 0 spiro atoms. The van der Waals surface area contributed by atoms with Gasteiger partial charge in [0.25, 0.3) is 0 Å². The van der Waals surface area contributed by atoms with Crippen LogP contribution in [0.2, 0.25) is 0 Å². The van der Waals surface area contributed by atoms with Crippen LogP contribution in [0, 0.1) is 0 Å². The Labute approximate surface area is 113 Å². The lowest BCUT2D eigenvalue weighted by Gasteiger charge is -2.24. The van der Waals surface area contributed by atoms with Crippen molar-refractivity contribution in [2.75, 3.05) is 39.6 Å². The fraction of sp³-hybridized carbons (Fsp3) is 1.00. The Morgan fingerprint density at radius 3 is 2.26 bits per heavy atom. The minimum atomic E-state index is -4.81. The van der Waals surface area contributed by atoms with Crippen molar-refractivity contribution >= 4 is 10.1 Å². The van der Waals surface area contributed by atoms with Gasteiger partial charge < -0.3 is 24.4 Å². The highest BCUT2D eigenvalue weighted by atomic mass is 32.2. The standard InChI is InChI=1S/C10H22O8S/c1-2-3-5-18-10(12,19(13,14)15)9-17-8-7-16-6-4-11/h11-12H,2-9H2,1H3,(H,13,14,15). The molecule has 1 unspecified atom stereocenters.